The van der Waals surface area contributed by atoms with E-state index in [4.69, 9.17) is 10.5 Å². The number of rotatable bonds is 11. The second kappa shape index (κ2) is 10.3. The van der Waals surface area contributed by atoms with Gasteiger partial charge in [-0.25, -0.2) is 0 Å². The van der Waals surface area contributed by atoms with E-state index in [2.05, 4.69) is 13.8 Å². The summed E-state index contributed by atoms with van der Waals surface area (Å²) in [5, 5.41) is 52.3. The Balaban J connectivity index is 3.27. The number of unbranched alkanes of at least 4 members (excludes halogenated alkanes) is 2. The Morgan fingerprint density at radius 3 is 2.00 bits per heavy atom. The first-order chi connectivity index (χ1) is 12.2. The summed E-state index contributed by atoms with van der Waals surface area (Å²) in [6.45, 7) is 6.77. The van der Waals surface area contributed by atoms with Crippen LogP contribution in [0.5, 0.6) is 0 Å². The molecule has 7 N–H and O–H groups in total. The largest absolute Gasteiger partial charge is 0.394 e. The first-order valence-electron chi connectivity index (χ1n) is 9.83. The second-order valence-electron chi connectivity index (χ2n) is 7.34. The number of nitrogens with zero attached hydrogens (tertiary/aromatic N) is 1. The molecule has 6 atom stereocenters. The summed E-state index contributed by atoms with van der Waals surface area (Å²) in [5.74, 6) is -2.60. The van der Waals surface area contributed by atoms with Crippen LogP contribution in [0.15, 0.2) is 0 Å². The molecule has 1 saturated heterocycles. The van der Waals surface area contributed by atoms with Crippen molar-refractivity contribution in [2.75, 3.05) is 19.7 Å². The van der Waals surface area contributed by atoms with Crippen molar-refractivity contribution in [1.82, 2.24) is 4.90 Å². The lowest BCUT2D eigenvalue weighted by Crippen LogP contribution is -2.82. The topological polar surface area (TPSA) is 140 Å². The summed E-state index contributed by atoms with van der Waals surface area (Å²) in [5.41, 5.74) is 3.58. The molecule has 8 heteroatoms. The predicted molar refractivity (Wildman–Crippen MR) is 98.1 cm³/mol. The van der Waals surface area contributed by atoms with Gasteiger partial charge in [0, 0.05) is 6.04 Å². The first-order valence-corrected chi connectivity index (χ1v) is 9.83. The molecule has 8 nitrogen and oxygen atoms in total. The van der Waals surface area contributed by atoms with E-state index < -0.39 is 42.5 Å². The molecule has 0 aromatic rings. The zero-order valence-corrected chi connectivity index (χ0v) is 16.3. The van der Waals surface area contributed by atoms with Gasteiger partial charge in [0.25, 0.3) is 5.91 Å². The highest BCUT2D eigenvalue weighted by atomic mass is 16.7. The monoisotopic (exact) mass is 378 g/mol. The molecule has 26 heavy (non-hydrogen) atoms. The summed E-state index contributed by atoms with van der Waals surface area (Å²) < 4.78 is 5.20. The summed E-state index contributed by atoms with van der Waals surface area (Å²) >= 11 is 0. The van der Waals surface area contributed by atoms with Crippen molar-refractivity contribution in [3.8, 4) is 0 Å². The first kappa shape index (κ1) is 23.7. The van der Waals surface area contributed by atoms with Crippen molar-refractivity contribution in [2.45, 2.75) is 95.2 Å². The molecule has 0 bridgehead atoms. The molecule has 1 rings (SSSR count). The maximum atomic E-state index is 11.4. The van der Waals surface area contributed by atoms with Crippen molar-refractivity contribution >= 4 is 0 Å². The molecule has 0 amide bonds. The van der Waals surface area contributed by atoms with Crippen molar-refractivity contribution in [1.29, 1.82) is 0 Å². The molecule has 1 fully saturated rings. The van der Waals surface area contributed by atoms with E-state index in [1.54, 1.807) is 0 Å². The molecular formula is C18H38N2O6. The number of aliphatic hydroxyl groups is 5. The Hall–Kier alpha value is -0.320. The highest BCUT2D eigenvalue weighted by Gasteiger charge is 2.66. The lowest BCUT2D eigenvalue weighted by molar-refractivity contribution is -0.399. The van der Waals surface area contributed by atoms with E-state index in [9.17, 15) is 25.5 Å². The number of hydrogen-bond acceptors (Lipinski definition) is 8. The molecule has 0 aromatic carbocycles. The van der Waals surface area contributed by atoms with Crippen LogP contribution >= 0.6 is 0 Å². The zero-order valence-electron chi connectivity index (χ0n) is 16.3. The predicted octanol–water partition coefficient (Wildman–Crippen LogP) is -0.494. The van der Waals surface area contributed by atoms with Gasteiger partial charge in [-0.1, -0.05) is 40.0 Å². The summed E-state index contributed by atoms with van der Waals surface area (Å²) in [7, 11) is 0. The summed E-state index contributed by atoms with van der Waals surface area (Å²) in [6.07, 6.45) is 0.246. The Bertz CT molecular complexity index is 403. The zero-order chi connectivity index (χ0) is 20.0. The third-order valence-corrected chi connectivity index (χ3v) is 5.35. The molecule has 0 aliphatic carbocycles. The molecule has 1 aliphatic heterocycles. The molecule has 156 valence electrons. The molecule has 0 saturated carbocycles. The van der Waals surface area contributed by atoms with Gasteiger partial charge in [-0.2, -0.15) is 0 Å². The maximum Gasteiger partial charge on any atom is 0.257 e. The Morgan fingerprint density at radius 1 is 1.04 bits per heavy atom. The normalized spacial score (nSPS) is 36.5. The van der Waals surface area contributed by atoms with E-state index in [1.807, 2.05) is 11.8 Å². The fraction of sp³-hybridized carbons (Fsp3) is 1.00. The third-order valence-electron chi connectivity index (χ3n) is 5.35. The maximum absolute atomic E-state index is 11.4. The van der Waals surface area contributed by atoms with Crippen LogP contribution in [-0.2, 0) is 4.74 Å². The summed E-state index contributed by atoms with van der Waals surface area (Å²) in [4.78, 5) is 2.02. The molecule has 1 aliphatic rings. The van der Waals surface area contributed by atoms with Gasteiger partial charge in [0.1, 0.15) is 18.3 Å². The SMILES string of the molecule is CCCCN(CCCC)C(CCC)[C@@]1(O)[C@@H](O)[C@H](O)[C@@H](CO)OC1(N)O. The number of hydrogen-bond donors (Lipinski definition) is 6. The van der Waals surface area contributed by atoms with E-state index in [0.717, 1.165) is 25.7 Å². The smallest absolute Gasteiger partial charge is 0.257 e. The molecule has 0 spiro atoms. The van der Waals surface area contributed by atoms with Gasteiger partial charge < -0.3 is 30.3 Å². The molecule has 1 heterocycles. The fourth-order valence-corrected chi connectivity index (χ4v) is 3.75. The van der Waals surface area contributed by atoms with E-state index in [0.29, 0.717) is 25.9 Å². The number of ether oxygens (including phenoxy) is 1. The van der Waals surface area contributed by atoms with Crippen LogP contribution in [0.1, 0.15) is 59.3 Å². The number of aliphatic hydroxyl groups excluding tert-OH is 3. The molecule has 0 aromatic heterocycles. The van der Waals surface area contributed by atoms with Crippen LogP contribution in [0.25, 0.3) is 0 Å². The van der Waals surface area contributed by atoms with E-state index >= 15 is 0 Å². The van der Waals surface area contributed by atoms with Gasteiger partial charge in [0.15, 0.2) is 5.60 Å². The van der Waals surface area contributed by atoms with Gasteiger partial charge in [-0.3, -0.25) is 10.6 Å². The van der Waals surface area contributed by atoms with Gasteiger partial charge in [0.05, 0.1) is 6.61 Å². The molecular weight excluding hydrogens is 340 g/mol. The number of nitrogens with two attached hydrogens (primary N) is 1. The molecule has 0 radical (unpaired) electrons. The van der Waals surface area contributed by atoms with Gasteiger partial charge in [-0.15, -0.1) is 0 Å². The lowest BCUT2D eigenvalue weighted by Gasteiger charge is -2.56. The van der Waals surface area contributed by atoms with Gasteiger partial charge in [0.2, 0.25) is 0 Å². The standard InChI is InChI=1S/C18H38N2O6/c1-4-7-10-20(11-8-5-2)14(9-6-3)17(24)16(23)15(22)13(12-21)26-18(17,19)25/h13-16,21-25H,4-12,19H2,1-3H3/t13-,14?,15-,16+,17-,18?/m1/s1. The van der Waals surface area contributed by atoms with Crippen LogP contribution in [0.3, 0.4) is 0 Å². The lowest BCUT2D eigenvalue weighted by atomic mass is 9.75. The fourth-order valence-electron chi connectivity index (χ4n) is 3.75. The van der Waals surface area contributed by atoms with Crippen LogP contribution in [0, 0.1) is 0 Å². The van der Waals surface area contributed by atoms with Gasteiger partial charge in [-0.05, 0) is 32.4 Å². The van der Waals surface area contributed by atoms with Crippen molar-refractivity contribution in [3.05, 3.63) is 0 Å². The van der Waals surface area contributed by atoms with Crippen LogP contribution in [0.4, 0.5) is 0 Å². The average molecular weight is 379 g/mol. The minimum Gasteiger partial charge on any atom is -0.394 e. The van der Waals surface area contributed by atoms with E-state index in [-0.39, 0.29) is 0 Å². The highest BCUT2D eigenvalue weighted by molar-refractivity contribution is 5.11. The minimum atomic E-state index is -2.60. The minimum absolute atomic E-state index is 0.459. The highest BCUT2D eigenvalue weighted by Crippen LogP contribution is 2.39. The van der Waals surface area contributed by atoms with E-state index in [1.165, 1.54) is 0 Å². The van der Waals surface area contributed by atoms with Crippen LogP contribution < -0.4 is 5.73 Å². The van der Waals surface area contributed by atoms with Crippen LogP contribution in [-0.4, -0.2) is 86.0 Å². The van der Waals surface area contributed by atoms with Crippen molar-refractivity contribution < 1.29 is 30.3 Å². The quantitative estimate of drug-likeness (QED) is 0.265. The second-order valence-corrected chi connectivity index (χ2v) is 7.34. The Morgan fingerprint density at radius 2 is 1.58 bits per heavy atom. The summed E-state index contributed by atoms with van der Waals surface area (Å²) in [6, 6.07) is -0.704. The van der Waals surface area contributed by atoms with Crippen molar-refractivity contribution in [2.24, 2.45) is 5.73 Å². The van der Waals surface area contributed by atoms with Gasteiger partial charge >= 0.3 is 0 Å². The Kier molecular flexibility index (Phi) is 9.38. The van der Waals surface area contributed by atoms with Crippen LogP contribution in [0.2, 0.25) is 0 Å². The molecule has 2 unspecified atom stereocenters. The Labute approximate surface area is 156 Å². The third kappa shape index (κ3) is 4.74. The average Bonchev–Trinajstić information content (AvgIpc) is 2.61. The van der Waals surface area contributed by atoms with Crippen molar-refractivity contribution in [3.63, 3.8) is 0 Å².